The number of hydrazone groups is 1. The Labute approximate surface area is 147 Å². The van der Waals surface area contributed by atoms with E-state index >= 15 is 0 Å². The van der Waals surface area contributed by atoms with Crippen LogP contribution in [0.1, 0.15) is 6.92 Å². The topological polar surface area (TPSA) is 72.4 Å². The van der Waals surface area contributed by atoms with E-state index in [1.807, 2.05) is 12.1 Å². The molecule has 134 valence electrons. The molecule has 0 fully saturated rings. The first-order valence-corrected chi connectivity index (χ1v) is 8.00. The van der Waals surface area contributed by atoms with Crippen LogP contribution in [0.4, 0.5) is 5.69 Å². The lowest BCUT2D eigenvalue weighted by atomic mass is 10.3. The zero-order valence-electron chi connectivity index (χ0n) is 14.3. The molecule has 0 saturated heterocycles. The normalized spacial score (nSPS) is 11.2. The van der Waals surface area contributed by atoms with Gasteiger partial charge in [0, 0.05) is 27.3 Å². The van der Waals surface area contributed by atoms with Gasteiger partial charge in [0.1, 0.15) is 0 Å². The van der Waals surface area contributed by atoms with Crippen molar-refractivity contribution in [3.63, 3.8) is 0 Å². The fourth-order valence-electron chi connectivity index (χ4n) is 1.83. The molecule has 0 heterocycles. The third-order valence-corrected chi connectivity index (χ3v) is 3.37. The predicted molar refractivity (Wildman–Crippen MR) is 94.5 cm³/mol. The van der Waals surface area contributed by atoms with Gasteiger partial charge < -0.3 is 19.1 Å². The number of nitrogens with zero attached hydrogens (tertiary/aromatic N) is 2. The summed E-state index contributed by atoms with van der Waals surface area (Å²) in [7, 11) is 3.19. The number of esters is 1. The van der Waals surface area contributed by atoms with Crippen molar-refractivity contribution in [2.75, 3.05) is 52.6 Å². The largest absolute Gasteiger partial charge is 0.460 e. The summed E-state index contributed by atoms with van der Waals surface area (Å²) in [5.74, 6) is -0.380. The van der Waals surface area contributed by atoms with Crippen molar-refractivity contribution >= 4 is 29.1 Å². The van der Waals surface area contributed by atoms with Gasteiger partial charge in [-0.15, -0.1) is 5.10 Å². The minimum Gasteiger partial charge on any atom is -0.460 e. The van der Waals surface area contributed by atoms with Crippen LogP contribution in [0.3, 0.4) is 0 Å². The zero-order valence-corrected chi connectivity index (χ0v) is 15.0. The molecule has 0 radical (unpaired) electrons. The minimum absolute atomic E-state index is 0.144. The van der Waals surface area contributed by atoms with E-state index in [0.717, 1.165) is 0 Å². The fraction of sp³-hybridized carbons (Fsp3) is 0.500. The number of benzene rings is 1. The van der Waals surface area contributed by atoms with Gasteiger partial charge in [-0.3, -0.25) is 5.43 Å². The van der Waals surface area contributed by atoms with Gasteiger partial charge in [-0.25, -0.2) is 4.79 Å². The Balaban J connectivity index is 3.00. The molecule has 0 aliphatic rings. The van der Waals surface area contributed by atoms with E-state index < -0.39 is 5.97 Å². The summed E-state index contributed by atoms with van der Waals surface area (Å²) < 4.78 is 15.3. The van der Waals surface area contributed by atoms with E-state index in [9.17, 15) is 4.79 Å². The lowest BCUT2D eigenvalue weighted by Crippen LogP contribution is -2.42. The molecule has 0 aliphatic heterocycles. The van der Waals surface area contributed by atoms with Crippen LogP contribution < -0.4 is 5.43 Å². The average molecular weight is 358 g/mol. The Hall–Kier alpha value is -1.83. The fourth-order valence-corrected chi connectivity index (χ4v) is 2.01. The maximum atomic E-state index is 12.3. The summed E-state index contributed by atoms with van der Waals surface area (Å²) >= 11 is 6.09. The molecule has 0 aliphatic carbocycles. The van der Waals surface area contributed by atoms with Gasteiger partial charge in [0.05, 0.1) is 30.5 Å². The molecule has 1 N–H and O–H groups in total. The van der Waals surface area contributed by atoms with Crippen LogP contribution >= 0.6 is 11.6 Å². The molecule has 0 saturated carbocycles. The van der Waals surface area contributed by atoms with Crippen LogP contribution in [-0.4, -0.2) is 63.8 Å². The number of carbonyl (C=O) groups is 1. The Kier molecular flexibility index (Phi) is 9.83. The van der Waals surface area contributed by atoms with Crippen LogP contribution in [0, 0.1) is 0 Å². The highest BCUT2D eigenvalue weighted by molar-refractivity contribution is 6.35. The number of hydrogen-bond acceptors (Lipinski definition) is 6. The number of carbonyl (C=O) groups excluding carboxylic acids is 1. The minimum atomic E-state index is -0.524. The summed E-state index contributed by atoms with van der Waals surface area (Å²) in [4.78, 5) is 14.0. The van der Waals surface area contributed by atoms with Gasteiger partial charge >= 0.3 is 5.97 Å². The Morgan fingerprint density at radius 3 is 2.38 bits per heavy atom. The monoisotopic (exact) mass is 357 g/mol. The van der Waals surface area contributed by atoms with Crippen LogP contribution in [0.5, 0.6) is 0 Å². The smallest absolute Gasteiger partial charge is 0.375 e. The molecular weight excluding hydrogens is 334 g/mol. The van der Waals surface area contributed by atoms with E-state index in [1.165, 1.54) is 0 Å². The third kappa shape index (κ3) is 6.74. The standard InChI is InChI=1S/C16H24ClN3O4/c1-4-24-16(21)15(20(9-11-22-2)10-12-23-3)19-18-14-8-6-5-7-13(14)17/h5-8,18H,4,9-12H2,1-3H3/b19-15-. The highest BCUT2D eigenvalue weighted by Gasteiger charge is 2.21. The van der Waals surface area contributed by atoms with Crippen LogP contribution in [-0.2, 0) is 19.0 Å². The molecule has 0 unspecified atom stereocenters. The summed E-state index contributed by atoms with van der Waals surface area (Å²) in [5.41, 5.74) is 3.41. The number of ether oxygens (including phenoxy) is 3. The molecular formula is C16H24ClN3O4. The van der Waals surface area contributed by atoms with Crippen molar-refractivity contribution in [1.82, 2.24) is 4.90 Å². The second-order valence-electron chi connectivity index (χ2n) is 4.72. The van der Waals surface area contributed by atoms with Gasteiger partial charge in [0.2, 0.25) is 5.84 Å². The number of rotatable bonds is 9. The second-order valence-corrected chi connectivity index (χ2v) is 5.13. The van der Waals surface area contributed by atoms with Crippen molar-refractivity contribution in [2.24, 2.45) is 5.10 Å². The van der Waals surface area contributed by atoms with Crippen molar-refractivity contribution in [3.05, 3.63) is 29.3 Å². The van der Waals surface area contributed by atoms with Crippen molar-refractivity contribution in [3.8, 4) is 0 Å². The molecule has 0 atom stereocenters. The van der Waals surface area contributed by atoms with Gasteiger partial charge in [0.15, 0.2) is 0 Å². The van der Waals surface area contributed by atoms with Crippen LogP contribution in [0.15, 0.2) is 29.4 Å². The SMILES string of the molecule is CCOC(=O)/C(=N/Nc1ccccc1Cl)N(CCOC)CCOC. The first-order chi connectivity index (χ1) is 11.6. The van der Waals surface area contributed by atoms with E-state index in [1.54, 1.807) is 38.2 Å². The molecule has 1 rings (SSSR count). The second kappa shape index (κ2) is 11.7. The quantitative estimate of drug-likeness (QED) is 0.316. The van der Waals surface area contributed by atoms with Crippen molar-refractivity contribution in [2.45, 2.75) is 6.92 Å². The average Bonchev–Trinajstić information content (AvgIpc) is 2.58. The summed E-state index contributed by atoms with van der Waals surface area (Å²) in [6.45, 7) is 3.82. The van der Waals surface area contributed by atoms with Gasteiger partial charge in [-0.2, -0.15) is 0 Å². The van der Waals surface area contributed by atoms with E-state index in [4.69, 9.17) is 25.8 Å². The van der Waals surface area contributed by atoms with Gasteiger partial charge in [-0.05, 0) is 19.1 Å². The summed E-state index contributed by atoms with van der Waals surface area (Å²) in [6, 6.07) is 7.13. The molecule has 0 bridgehead atoms. The summed E-state index contributed by atoms with van der Waals surface area (Å²) in [6.07, 6.45) is 0. The molecule has 1 aromatic carbocycles. The number of halogens is 1. The maximum absolute atomic E-state index is 12.3. The molecule has 1 aromatic rings. The Morgan fingerprint density at radius 1 is 1.21 bits per heavy atom. The maximum Gasteiger partial charge on any atom is 0.375 e. The number of nitrogens with one attached hydrogen (secondary N) is 1. The number of amidine groups is 1. The number of hydrogen-bond donors (Lipinski definition) is 1. The Morgan fingerprint density at radius 2 is 1.83 bits per heavy atom. The number of anilines is 1. The number of para-hydroxylation sites is 1. The van der Waals surface area contributed by atoms with Crippen molar-refractivity contribution in [1.29, 1.82) is 0 Å². The van der Waals surface area contributed by atoms with Gasteiger partial charge in [-0.1, -0.05) is 23.7 Å². The third-order valence-electron chi connectivity index (χ3n) is 3.04. The summed E-state index contributed by atoms with van der Waals surface area (Å²) in [5, 5.41) is 4.71. The first-order valence-electron chi connectivity index (χ1n) is 7.62. The lowest BCUT2D eigenvalue weighted by molar-refractivity contribution is -0.136. The zero-order chi connectivity index (χ0) is 17.8. The highest BCUT2D eigenvalue weighted by Crippen LogP contribution is 2.20. The van der Waals surface area contributed by atoms with Crippen LogP contribution in [0.25, 0.3) is 0 Å². The lowest BCUT2D eigenvalue weighted by Gasteiger charge is -2.24. The van der Waals surface area contributed by atoms with Crippen LogP contribution in [0.2, 0.25) is 5.02 Å². The first kappa shape index (κ1) is 20.2. The number of methoxy groups -OCH3 is 2. The Bertz CT molecular complexity index is 532. The van der Waals surface area contributed by atoms with E-state index in [-0.39, 0.29) is 12.4 Å². The molecule has 0 aromatic heterocycles. The van der Waals surface area contributed by atoms with Crippen molar-refractivity contribution < 1.29 is 19.0 Å². The van der Waals surface area contributed by atoms with E-state index in [0.29, 0.717) is 37.0 Å². The highest BCUT2D eigenvalue weighted by atomic mass is 35.5. The molecule has 0 amide bonds. The molecule has 24 heavy (non-hydrogen) atoms. The molecule has 7 nitrogen and oxygen atoms in total. The van der Waals surface area contributed by atoms with E-state index in [2.05, 4.69) is 10.5 Å². The molecule has 8 heteroatoms. The van der Waals surface area contributed by atoms with Gasteiger partial charge in [0.25, 0.3) is 0 Å². The molecule has 0 spiro atoms. The predicted octanol–water partition coefficient (Wildman–Crippen LogP) is 2.22.